The van der Waals surface area contributed by atoms with E-state index in [0.717, 1.165) is 40.2 Å². The Morgan fingerprint density at radius 2 is 1.79 bits per heavy atom. The standard InChI is InChI=1S/C29H26F3N7O2S/c1-19-4-3-5-20(2)26(19)38-14-15-42-28(38)36-25(40)17-35-34-16-21-6-8-22(9-7-21)27-33-18-39(37-27)23-10-12-24(13-11-23)41-29(30,31)32/h3-13,16,18,35H,14-15,17H2,1-2H3/b34-16+,36-28-. The van der Waals surface area contributed by atoms with E-state index in [1.54, 1.807) is 18.0 Å². The summed E-state index contributed by atoms with van der Waals surface area (Å²) in [6.45, 7) is 4.87. The van der Waals surface area contributed by atoms with Gasteiger partial charge in [-0.25, -0.2) is 9.67 Å². The van der Waals surface area contributed by atoms with Crippen LogP contribution in [-0.4, -0.2) is 57.3 Å². The normalized spacial score (nSPS) is 14.6. The maximum absolute atomic E-state index is 12.5. The third-order valence-electron chi connectivity index (χ3n) is 6.24. The van der Waals surface area contributed by atoms with Crippen LogP contribution < -0.4 is 15.1 Å². The van der Waals surface area contributed by atoms with Gasteiger partial charge in [-0.2, -0.15) is 10.1 Å². The minimum Gasteiger partial charge on any atom is -0.406 e. The number of halogens is 3. The summed E-state index contributed by atoms with van der Waals surface area (Å²) in [5.41, 5.74) is 8.19. The Bertz CT molecular complexity index is 1600. The quantitative estimate of drug-likeness (QED) is 0.213. The summed E-state index contributed by atoms with van der Waals surface area (Å²) in [6.07, 6.45) is -1.69. The lowest BCUT2D eigenvalue weighted by Crippen LogP contribution is -2.27. The number of alkyl halides is 3. The number of anilines is 1. The minimum atomic E-state index is -4.75. The molecule has 216 valence electrons. The van der Waals surface area contributed by atoms with Crippen LogP contribution >= 0.6 is 11.8 Å². The lowest BCUT2D eigenvalue weighted by atomic mass is 10.1. The summed E-state index contributed by atoms with van der Waals surface area (Å²) in [5, 5.41) is 9.23. The summed E-state index contributed by atoms with van der Waals surface area (Å²) >= 11 is 1.56. The number of carbonyl (C=O) groups excluding carboxylic acids is 1. The van der Waals surface area contributed by atoms with Crippen LogP contribution in [0.1, 0.15) is 16.7 Å². The van der Waals surface area contributed by atoms with E-state index in [4.69, 9.17) is 0 Å². The van der Waals surface area contributed by atoms with Crippen LogP contribution in [-0.2, 0) is 4.79 Å². The number of para-hydroxylation sites is 1. The van der Waals surface area contributed by atoms with Crippen molar-refractivity contribution in [3.8, 4) is 22.8 Å². The molecule has 1 amide bonds. The number of thioether (sulfide) groups is 1. The van der Waals surface area contributed by atoms with E-state index in [0.29, 0.717) is 16.7 Å². The molecule has 1 N–H and O–H groups in total. The van der Waals surface area contributed by atoms with Crippen LogP contribution in [0.25, 0.3) is 17.1 Å². The molecule has 1 aromatic heterocycles. The Hall–Kier alpha value is -4.65. The summed E-state index contributed by atoms with van der Waals surface area (Å²) in [5.74, 6) is 0.679. The summed E-state index contributed by atoms with van der Waals surface area (Å²) in [6, 6.07) is 18.7. The van der Waals surface area contributed by atoms with E-state index in [1.807, 2.05) is 30.3 Å². The highest BCUT2D eigenvalue weighted by atomic mass is 32.2. The number of amides is 1. The predicted octanol–water partition coefficient (Wildman–Crippen LogP) is 5.51. The van der Waals surface area contributed by atoms with Crippen molar-refractivity contribution in [1.29, 1.82) is 0 Å². The van der Waals surface area contributed by atoms with Gasteiger partial charge in [0.15, 0.2) is 11.0 Å². The molecule has 0 atom stereocenters. The fraction of sp³-hybridized carbons (Fsp3) is 0.207. The molecule has 3 aromatic carbocycles. The molecular weight excluding hydrogens is 567 g/mol. The molecule has 0 radical (unpaired) electrons. The van der Waals surface area contributed by atoms with Crippen molar-refractivity contribution < 1.29 is 22.7 Å². The first-order chi connectivity index (χ1) is 20.2. The number of ether oxygens (including phenoxy) is 1. The van der Waals surface area contributed by atoms with Gasteiger partial charge >= 0.3 is 6.36 Å². The van der Waals surface area contributed by atoms with Crippen LogP contribution in [0.3, 0.4) is 0 Å². The molecule has 5 rings (SSSR count). The van der Waals surface area contributed by atoms with Crippen LogP contribution in [0.4, 0.5) is 18.9 Å². The fourth-order valence-corrected chi connectivity index (χ4v) is 5.31. The number of hydrogen-bond acceptors (Lipinski definition) is 7. The molecule has 1 saturated heterocycles. The topological polar surface area (TPSA) is 97.0 Å². The van der Waals surface area contributed by atoms with E-state index in [1.165, 1.54) is 35.3 Å². The van der Waals surface area contributed by atoms with E-state index in [-0.39, 0.29) is 18.2 Å². The number of aromatic nitrogens is 3. The van der Waals surface area contributed by atoms with Crippen LogP contribution in [0.15, 0.2) is 83.2 Å². The number of rotatable bonds is 8. The highest BCUT2D eigenvalue weighted by Crippen LogP contribution is 2.31. The number of nitrogens with zero attached hydrogens (tertiary/aromatic N) is 6. The predicted molar refractivity (Wildman–Crippen MR) is 157 cm³/mol. The SMILES string of the molecule is Cc1cccc(C)c1N1CCS/C1=N\C(=O)CN/N=C/c1ccc(-c2ncn(-c3ccc(OC(F)(F)F)cc3)n2)cc1. The van der Waals surface area contributed by atoms with E-state index in [2.05, 4.69) is 61.2 Å². The van der Waals surface area contributed by atoms with Gasteiger partial charge in [0.2, 0.25) is 0 Å². The highest BCUT2D eigenvalue weighted by Gasteiger charge is 2.31. The highest BCUT2D eigenvalue weighted by molar-refractivity contribution is 8.14. The van der Waals surface area contributed by atoms with Gasteiger partial charge in [-0.3, -0.25) is 4.79 Å². The number of benzene rings is 3. The molecule has 0 unspecified atom stereocenters. The first kappa shape index (κ1) is 28.9. The Balaban J connectivity index is 1.15. The Morgan fingerprint density at radius 1 is 1.07 bits per heavy atom. The number of aliphatic imine (C=N–C) groups is 1. The average Bonchev–Trinajstić information content (AvgIpc) is 3.62. The molecular formula is C29H26F3N7O2S. The van der Waals surface area contributed by atoms with Crippen molar-refractivity contribution in [2.45, 2.75) is 20.2 Å². The third kappa shape index (κ3) is 7.16. The zero-order valence-corrected chi connectivity index (χ0v) is 23.5. The second kappa shape index (κ2) is 12.5. The molecule has 13 heteroatoms. The molecule has 1 fully saturated rings. The lowest BCUT2D eigenvalue weighted by molar-refractivity contribution is -0.274. The molecule has 0 aliphatic carbocycles. The van der Waals surface area contributed by atoms with Crippen LogP contribution in [0.2, 0.25) is 0 Å². The van der Waals surface area contributed by atoms with Gasteiger partial charge in [0.1, 0.15) is 18.6 Å². The molecule has 42 heavy (non-hydrogen) atoms. The molecule has 0 bridgehead atoms. The number of nitrogens with one attached hydrogen (secondary N) is 1. The van der Waals surface area contributed by atoms with Crippen molar-refractivity contribution in [3.63, 3.8) is 0 Å². The number of aryl methyl sites for hydroxylation is 2. The number of amidine groups is 1. The Labute approximate surface area is 244 Å². The van der Waals surface area contributed by atoms with Crippen molar-refractivity contribution in [2.75, 3.05) is 23.7 Å². The van der Waals surface area contributed by atoms with Gasteiger partial charge in [-0.15, -0.1) is 18.3 Å². The Kier molecular flexibility index (Phi) is 8.57. The monoisotopic (exact) mass is 593 g/mol. The third-order valence-corrected chi connectivity index (χ3v) is 7.19. The van der Waals surface area contributed by atoms with Crippen LogP contribution in [0.5, 0.6) is 5.75 Å². The van der Waals surface area contributed by atoms with Crippen LogP contribution in [0, 0.1) is 13.8 Å². The number of hydrogen-bond donors (Lipinski definition) is 1. The largest absolute Gasteiger partial charge is 0.573 e. The van der Waals surface area contributed by atoms with Gasteiger partial charge < -0.3 is 15.1 Å². The fourth-order valence-electron chi connectivity index (χ4n) is 4.35. The van der Waals surface area contributed by atoms with Gasteiger partial charge in [0, 0.05) is 23.5 Å². The van der Waals surface area contributed by atoms with Gasteiger partial charge in [0.25, 0.3) is 5.91 Å². The van der Waals surface area contributed by atoms with E-state index < -0.39 is 6.36 Å². The summed E-state index contributed by atoms with van der Waals surface area (Å²) in [4.78, 5) is 23.2. The maximum atomic E-state index is 12.5. The zero-order valence-electron chi connectivity index (χ0n) is 22.7. The van der Waals surface area contributed by atoms with E-state index in [9.17, 15) is 18.0 Å². The molecule has 2 heterocycles. The summed E-state index contributed by atoms with van der Waals surface area (Å²) in [7, 11) is 0. The van der Waals surface area contributed by atoms with E-state index >= 15 is 0 Å². The average molecular weight is 594 g/mol. The van der Waals surface area contributed by atoms with Gasteiger partial charge in [-0.1, -0.05) is 54.2 Å². The molecule has 1 aliphatic rings. The van der Waals surface area contributed by atoms with Crippen molar-refractivity contribution in [2.24, 2.45) is 10.1 Å². The molecule has 0 spiro atoms. The molecule has 0 saturated carbocycles. The molecule has 4 aromatic rings. The second-order valence-corrected chi connectivity index (χ2v) is 10.4. The first-order valence-corrected chi connectivity index (χ1v) is 13.9. The summed E-state index contributed by atoms with van der Waals surface area (Å²) < 4.78 is 42.5. The zero-order chi connectivity index (χ0) is 29.7. The minimum absolute atomic E-state index is 0.0378. The smallest absolute Gasteiger partial charge is 0.406 e. The second-order valence-electron chi connectivity index (χ2n) is 9.30. The molecule has 9 nitrogen and oxygen atoms in total. The van der Waals surface area contributed by atoms with Crippen molar-refractivity contribution in [3.05, 3.63) is 89.7 Å². The first-order valence-electron chi connectivity index (χ1n) is 12.9. The molecule has 1 aliphatic heterocycles. The Morgan fingerprint density at radius 3 is 2.48 bits per heavy atom. The number of carbonyl (C=O) groups is 1. The number of hydrazone groups is 1. The van der Waals surface area contributed by atoms with Gasteiger partial charge in [-0.05, 0) is 54.8 Å². The van der Waals surface area contributed by atoms with Crippen molar-refractivity contribution in [1.82, 2.24) is 20.2 Å². The van der Waals surface area contributed by atoms with Crippen molar-refractivity contribution >= 4 is 34.7 Å². The lowest BCUT2D eigenvalue weighted by Gasteiger charge is -2.22. The van der Waals surface area contributed by atoms with Gasteiger partial charge in [0.05, 0.1) is 11.9 Å². The maximum Gasteiger partial charge on any atom is 0.573 e.